The second-order valence-corrected chi connectivity index (χ2v) is 2.41. The maximum absolute atomic E-state index is 10.2. The molecule has 4 heteroatoms. The molecule has 0 aliphatic heterocycles. The molecule has 2 atom stereocenters. The molecule has 0 aliphatic rings. The zero-order valence-electron chi connectivity index (χ0n) is 6.08. The molecule has 0 aromatic heterocycles. The molecule has 0 rings (SSSR count). The van der Waals surface area contributed by atoms with Crippen molar-refractivity contribution in [1.82, 2.24) is 0 Å². The van der Waals surface area contributed by atoms with Crippen LogP contribution in [0, 0.1) is 0 Å². The number of aliphatic hydroxyl groups excluding tert-OH is 1. The van der Waals surface area contributed by atoms with Crippen molar-refractivity contribution in [2.24, 2.45) is 11.5 Å². The number of amides is 1. The lowest BCUT2D eigenvalue weighted by atomic mass is 10.1. The summed E-state index contributed by atoms with van der Waals surface area (Å²) >= 11 is 0. The van der Waals surface area contributed by atoms with E-state index in [-0.39, 0.29) is 18.4 Å². The van der Waals surface area contributed by atoms with Crippen molar-refractivity contribution < 1.29 is 9.90 Å². The van der Waals surface area contributed by atoms with E-state index < -0.39 is 6.10 Å². The van der Waals surface area contributed by atoms with E-state index in [1.165, 1.54) is 0 Å². The van der Waals surface area contributed by atoms with Gasteiger partial charge in [-0.05, 0) is 13.3 Å². The third-order valence-corrected chi connectivity index (χ3v) is 1.34. The molecule has 0 bridgehead atoms. The Bertz CT molecular complexity index is 114. The summed E-state index contributed by atoms with van der Waals surface area (Å²) in [7, 11) is 0. The quantitative estimate of drug-likeness (QED) is 0.473. The van der Waals surface area contributed by atoms with Crippen molar-refractivity contribution in [3.05, 3.63) is 0 Å². The van der Waals surface area contributed by atoms with E-state index in [2.05, 4.69) is 0 Å². The topological polar surface area (TPSA) is 89.3 Å². The first-order valence-corrected chi connectivity index (χ1v) is 3.26. The largest absolute Gasteiger partial charge is 0.392 e. The molecular formula is C6H14N2O2. The number of primary amides is 1. The van der Waals surface area contributed by atoms with Gasteiger partial charge in [-0.2, -0.15) is 0 Å². The van der Waals surface area contributed by atoms with E-state index in [0.29, 0.717) is 6.42 Å². The SMILES string of the molecule is CC(O)[C@@H](N)CCC(N)=O. The summed E-state index contributed by atoms with van der Waals surface area (Å²) in [4.78, 5) is 10.2. The number of aliphatic hydroxyl groups is 1. The first-order valence-electron chi connectivity index (χ1n) is 3.26. The lowest BCUT2D eigenvalue weighted by molar-refractivity contribution is -0.118. The van der Waals surface area contributed by atoms with Gasteiger partial charge in [0, 0.05) is 12.5 Å². The van der Waals surface area contributed by atoms with Crippen molar-refractivity contribution >= 4 is 5.91 Å². The van der Waals surface area contributed by atoms with Gasteiger partial charge in [0.2, 0.25) is 5.91 Å². The van der Waals surface area contributed by atoms with Gasteiger partial charge >= 0.3 is 0 Å². The average molecular weight is 146 g/mol. The molecule has 0 aromatic carbocycles. The fourth-order valence-electron chi connectivity index (χ4n) is 0.550. The number of hydrogen-bond donors (Lipinski definition) is 3. The smallest absolute Gasteiger partial charge is 0.217 e. The zero-order valence-corrected chi connectivity index (χ0v) is 6.08. The summed E-state index contributed by atoms with van der Waals surface area (Å²) in [5, 5.41) is 8.86. The summed E-state index contributed by atoms with van der Waals surface area (Å²) in [6.45, 7) is 1.59. The third kappa shape index (κ3) is 4.29. The zero-order chi connectivity index (χ0) is 8.15. The molecule has 0 spiro atoms. The fourth-order valence-corrected chi connectivity index (χ4v) is 0.550. The lowest BCUT2D eigenvalue weighted by Crippen LogP contribution is -2.33. The Balaban J connectivity index is 3.39. The molecule has 10 heavy (non-hydrogen) atoms. The maximum Gasteiger partial charge on any atom is 0.217 e. The van der Waals surface area contributed by atoms with Crippen LogP contribution in [0.3, 0.4) is 0 Å². The monoisotopic (exact) mass is 146 g/mol. The van der Waals surface area contributed by atoms with Crippen LogP contribution in [0.15, 0.2) is 0 Å². The Morgan fingerprint density at radius 2 is 2.20 bits per heavy atom. The molecule has 0 radical (unpaired) electrons. The van der Waals surface area contributed by atoms with Gasteiger partial charge in [-0.15, -0.1) is 0 Å². The molecule has 0 saturated heterocycles. The van der Waals surface area contributed by atoms with E-state index in [9.17, 15) is 4.79 Å². The first-order chi connectivity index (χ1) is 4.54. The van der Waals surface area contributed by atoms with Crippen LogP contribution >= 0.6 is 0 Å². The van der Waals surface area contributed by atoms with Crippen molar-refractivity contribution in [2.75, 3.05) is 0 Å². The molecule has 0 aromatic rings. The Labute approximate surface area is 60.2 Å². The van der Waals surface area contributed by atoms with Crippen LogP contribution in [0.5, 0.6) is 0 Å². The molecule has 1 amide bonds. The molecule has 0 aliphatic carbocycles. The van der Waals surface area contributed by atoms with E-state index in [1.807, 2.05) is 0 Å². The standard InChI is InChI=1S/C6H14N2O2/c1-4(9)5(7)2-3-6(8)10/h4-5,9H,2-3,7H2,1H3,(H2,8,10)/t4?,5-/m0/s1. The highest BCUT2D eigenvalue weighted by atomic mass is 16.3. The predicted molar refractivity (Wildman–Crippen MR) is 38.1 cm³/mol. The molecule has 1 unspecified atom stereocenters. The normalized spacial score (nSPS) is 16.3. The van der Waals surface area contributed by atoms with Crippen LogP contribution in [0.4, 0.5) is 0 Å². The van der Waals surface area contributed by atoms with Gasteiger partial charge in [-0.3, -0.25) is 4.79 Å². The minimum Gasteiger partial charge on any atom is -0.392 e. The highest BCUT2D eigenvalue weighted by Gasteiger charge is 2.09. The molecule has 0 heterocycles. The molecule has 0 saturated carbocycles. The lowest BCUT2D eigenvalue weighted by Gasteiger charge is -2.12. The highest BCUT2D eigenvalue weighted by Crippen LogP contribution is 1.97. The minimum absolute atomic E-state index is 0.242. The molecule has 5 N–H and O–H groups in total. The number of rotatable bonds is 4. The van der Waals surface area contributed by atoms with Gasteiger partial charge < -0.3 is 16.6 Å². The molecular weight excluding hydrogens is 132 g/mol. The van der Waals surface area contributed by atoms with Gasteiger partial charge in [-0.25, -0.2) is 0 Å². The first kappa shape index (κ1) is 9.39. The van der Waals surface area contributed by atoms with E-state index in [4.69, 9.17) is 16.6 Å². The van der Waals surface area contributed by atoms with E-state index in [1.54, 1.807) is 6.92 Å². The van der Waals surface area contributed by atoms with Crippen LogP contribution in [0.2, 0.25) is 0 Å². The molecule has 4 nitrogen and oxygen atoms in total. The fraction of sp³-hybridized carbons (Fsp3) is 0.833. The Kier molecular flexibility index (Phi) is 3.99. The van der Waals surface area contributed by atoms with E-state index >= 15 is 0 Å². The average Bonchev–Trinajstić information content (AvgIpc) is 1.82. The van der Waals surface area contributed by atoms with Crippen molar-refractivity contribution in [3.63, 3.8) is 0 Å². The van der Waals surface area contributed by atoms with Gasteiger partial charge in [0.1, 0.15) is 0 Å². The van der Waals surface area contributed by atoms with Crippen molar-refractivity contribution in [3.8, 4) is 0 Å². The third-order valence-electron chi connectivity index (χ3n) is 1.34. The summed E-state index contributed by atoms with van der Waals surface area (Å²) in [6, 6.07) is -0.340. The van der Waals surface area contributed by atoms with Gasteiger partial charge in [-0.1, -0.05) is 0 Å². The number of carbonyl (C=O) groups is 1. The van der Waals surface area contributed by atoms with Crippen LogP contribution in [0.25, 0.3) is 0 Å². The van der Waals surface area contributed by atoms with Crippen LogP contribution in [-0.4, -0.2) is 23.2 Å². The summed E-state index contributed by atoms with van der Waals surface area (Å²) in [6.07, 6.45) is 0.123. The van der Waals surface area contributed by atoms with Crippen molar-refractivity contribution in [1.29, 1.82) is 0 Å². The summed E-state index contributed by atoms with van der Waals surface area (Å²) < 4.78 is 0. The Morgan fingerprint density at radius 3 is 2.50 bits per heavy atom. The van der Waals surface area contributed by atoms with Crippen LogP contribution in [0.1, 0.15) is 19.8 Å². The van der Waals surface area contributed by atoms with Gasteiger partial charge in [0.25, 0.3) is 0 Å². The highest BCUT2D eigenvalue weighted by molar-refractivity contribution is 5.73. The number of hydrogen-bond acceptors (Lipinski definition) is 3. The predicted octanol–water partition coefficient (Wildman–Crippen LogP) is -1.04. The second kappa shape index (κ2) is 4.24. The van der Waals surface area contributed by atoms with Gasteiger partial charge in [0.15, 0.2) is 0 Å². The van der Waals surface area contributed by atoms with Crippen LogP contribution < -0.4 is 11.5 Å². The molecule has 0 fully saturated rings. The Hall–Kier alpha value is -0.610. The van der Waals surface area contributed by atoms with Crippen molar-refractivity contribution in [2.45, 2.75) is 31.9 Å². The van der Waals surface area contributed by atoms with E-state index in [0.717, 1.165) is 0 Å². The van der Waals surface area contributed by atoms with Crippen LogP contribution in [-0.2, 0) is 4.79 Å². The number of nitrogens with two attached hydrogens (primary N) is 2. The second-order valence-electron chi connectivity index (χ2n) is 2.41. The minimum atomic E-state index is -0.570. The van der Waals surface area contributed by atoms with Gasteiger partial charge in [0.05, 0.1) is 6.10 Å². The molecule has 60 valence electrons. The Morgan fingerprint density at radius 1 is 1.70 bits per heavy atom. The summed E-state index contributed by atoms with van der Waals surface area (Å²) in [5.41, 5.74) is 10.3. The number of carbonyl (C=O) groups excluding carboxylic acids is 1. The summed E-state index contributed by atoms with van der Waals surface area (Å²) in [5.74, 6) is -0.379. The maximum atomic E-state index is 10.2.